The molecule has 0 aliphatic heterocycles. The van der Waals surface area contributed by atoms with Crippen molar-refractivity contribution in [2.75, 3.05) is 5.75 Å². The van der Waals surface area contributed by atoms with Gasteiger partial charge in [0.2, 0.25) is 5.91 Å². The highest BCUT2D eigenvalue weighted by Crippen LogP contribution is 2.17. The molecule has 21 heavy (non-hydrogen) atoms. The van der Waals surface area contributed by atoms with Crippen LogP contribution in [0.4, 0.5) is 4.39 Å². The molecule has 0 bridgehead atoms. The molecule has 8 heteroatoms. The molecular weight excluding hydrogens is 301 g/mol. The van der Waals surface area contributed by atoms with Gasteiger partial charge in [-0.05, 0) is 30.7 Å². The molecule has 114 valence electrons. The number of hydrogen-bond donors (Lipinski definition) is 3. The molecular formula is C13H14FNO5S. The molecule has 1 aromatic carbocycles. The number of hydrogen-bond acceptors (Lipinski definition) is 4. The van der Waals surface area contributed by atoms with Crippen LogP contribution in [0.1, 0.15) is 12.8 Å². The van der Waals surface area contributed by atoms with Gasteiger partial charge in [-0.2, -0.15) is 0 Å². The van der Waals surface area contributed by atoms with Gasteiger partial charge in [0.25, 0.3) is 0 Å². The van der Waals surface area contributed by atoms with E-state index < -0.39 is 23.9 Å². The standard InChI is InChI=1S/C13H14FNO5S/c14-8-1-3-9(4-2-8)21-7-11(16)15-10(13(19)20)5-6-12(17)18/h1-4,10H,5-7H2,(H,15,16)(H,17,18)(H,19,20). The van der Waals surface area contributed by atoms with Crippen molar-refractivity contribution in [3.8, 4) is 0 Å². The maximum Gasteiger partial charge on any atom is 0.326 e. The van der Waals surface area contributed by atoms with Gasteiger partial charge in [0.05, 0.1) is 5.75 Å². The molecule has 6 nitrogen and oxygen atoms in total. The summed E-state index contributed by atoms with van der Waals surface area (Å²) in [5, 5.41) is 19.7. The average molecular weight is 315 g/mol. The number of carbonyl (C=O) groups excluding carboxylic acids is 1. The number of carboxylic acid groups (broad SMARTS) is 2. The third-order valence-corrected chi connectivity index (χ3v) is 3.48. The van der Waals surface area contributed by atoms with Crippen LogP contribution in [0.15, 0.2) is 29.2 Å². The van der Waals surface area contributed by atoms with Gasteiger partial charge in [-0.15, -0.1) is 11.8 Å². The summed E-state index contributed by atoms with van der Waals surface area (Å²) >= 11 is 1.13. The molecule has 0 fully saturated rings. The SMILES string of the molecule is O=C(O)CCC(NC(=O)CSc1ccc(F)cc1)C(=O)O. The second kappa shape index (κ2) is 8.25. The third kappa shape index (κ3) is 6.75. The van der Waals surface area contributed by atoms with Crippen molar-refractivity contribution in [1.29, 1.82) is 0 Å². The fraction of sp³-hybridized carbons (Fsp3) is 0.308. The lowest BCUT2D eigenvalue weighted by atomic mass is 10.1. The Kier molecular flexibility index (Phi) is 6.67. The summed E-state index contributed by atoms with van der Waals surface area (Å²) in [4.78, 5) is 33.6. The first-order chi connectivity index (χ1) is 9.88. The van der Waals surface area contributed by atoms with E-state index in [0.29, 0.717) is 4.90 Å². The Hall–Kier alpha value is -2.09. The van der Waals surface area contributed by atoms with E-state index in [2.05, 4.69) is 5.32 Å². The van der Waals surface area contributed by atoms with Crippen LogP contribution >= 0.6 is 11.8 Å². The monoisotopic (exact) mass is 315 g/mol. The van der Waals surface area contributed by atoms with Crippen LogP contribution in [0.2, 0.25) is 0 Å². The molecule has 0 saturated heterocycles. The van der Waals surface area contributed by atoms with Crippen LogP contribution in [-0.2, 0) is 14.4 Å². The van der Waals surface area contributed by atoms with Crippen LogP contribution < -0.4 is 5.32 Å². The summed E-state index contributed by atoms with van der Waals surface area (Å²) in [7, 11) is 0. The fourth-order valence-corrected chi connectivity index (χ4v) is 2.15. The van der Waals surface area contributed by atoms with E-state index in [1.807, 2.05) is 0 Å². The molecule has 0 radical (unpaired) electrons. The Bertz CT molecular complexity index is 520. The fourth-order valence-electron chi connectivity index (χ4n) is 1.44. The Morgan fingerprint density at radius 1 is 1.19 bits per heavy atom. The first-order valence-electron chi connectivity index (χ1n) is 6.01. The molecule has 0 spiro atoms. The number of carboxylic acids is 2. The number of halogens is 1. The van der Waals surface area contributed by atoms with E-state index in [0.717, 1.165) is 11.8 Å². The summed E-state index contributed by atoms with van der Waals surface area (Å²) in [6.07, 6.45) is -0.528. The predicted molar refractivity (Wildman–Crippen MR) is 73.6 cm³/mol. The first kappa shape index (κ1) is 17.0. The molecule has 1 rings (SSSR count). The highest BCUT2D eigenvalue weighted by molar-refractivity contribution is 8.00. The molecule has 0 heterocycles. The predicted octanol–water partition coefficient (Wildman–Crippen LogP) is 1.35. The lowest BCUT2D eigenvalue weighted by Crippen LogP contribution is -2.41. The molecule has 0 aromatic heterocycles. The second-order valence-corrected chi connectivity index (χ2v) is 5.18. The number of aliphatic carboxylic acids is 2. The largest absolute Gasteiger partial charge is 0.481 e. The zero-order chi connectivity index (χ0) is 15.8. The second-order valence-electron chi connectivity index (χ2n) is 4.13. The summed E-state index contributed by atoms with van der Waals surface area (Å²) in [6, 6.07) is 4.29. The number of amides is 1. The van der Waals surface area contributed by atoms with Crippen LogP contribution in [0.25, 0.3) is 0 Å². The Morgan fingerprint density at radius 2 is 1.81 bits per heavy atom. The third-order valence-electron chi connectivity index (χ3n) is 2.46. The lowest BCUT2D eigenvalue weighted by molar-refractivity contribution is -0.142. The van der Waals surface area contributed by atoms with Crippen molar-refractivity contribution >= 4 is 29.6 Å². The number of carbonyl (C=O) groups is 3. The summed E-state index contributed by atoms with van der Waals surface area (Å²) in [5.74, 6) is -3.36. The van der Waals surface area contributed by atoms with Gasteiger partial charge in [-0.1, -0.05) is 0 Å². The first-order valence-corrected chi connectivity index (χ1v) is 6.99. The van der Waals surface area contributed by atoms with Crippen molar-refractivity contribution in [2.24, 2.45) is 0 Å². The van der Waals surface area contributed by atoms with Crippen molar-refractivity contribution in [3.05, 3.63) is 30.1 Å². The van der Waals surface area contributed by atoms with Gasteiger partial charge in [0, 0.05) is 11.3 Å². The molecule has 0 saturated carbocycles. The molecule has 1 aromatic rings. The van der Waals surface area contributed by atoms with Crippen LogP contribution in [0, 0.1) is 5.82 Å². The lowest BCUT2D eigenvalue weighted by Gasteiger charge is -2.13. The van der Waals surface area contributed by atoms with E-state index in [1.165, 1.54) is 24.3 Å². The van der Waals surface area contributed by atoms with Crippen LogP contribution in [-0.4, -0.2) is 39.9 Å². The quantitative estimate of drug-likeness (QED) is 0.626. The minimum Gasteiger partial charge on any atom is -0.481 e. The van der Waals surface area contributed by atoms with Gasteiger partial charge in [-0.3, -0.25) is 9.59 Å². The van der Waals surface area contributed by atoms with E-state index in [-0.39, 0.29) is 24.4 Å². The van der Waals surface area contributed by atoms with Gasteiger partial charge >= 0.3 is 11.9 Å². The minimum absolute atomic E-state index is 0.0392. The molecule has 1 amide bonds. The summed E-state index contributed by atoms with van der Waals surface area (Å²) in [6.45, 7) is 0. The Morgan fingerprint density at radius 3 is 2.33 bits per heavy atom. The van der Waals surface area contributed by atoms with E-state index in [1.54, 1.807) is 0 Å². The molecule has 1 atom stereocenters. The highest BCUT2D eigenvalue weighted by atomic mass is 32.2. The maximum atomic E-state index is 12.7. The maximum absolute atomic E-state index is 12.7. The molecule has 0 aliphatic rings. The number of benzene rings is 1. The van der Waals surface area contributed by atoms with Crippen LogP contribution in [0.3, 0.4) is 0 Å². The van der Waals surface area contributed by atoms with Crippen molar-refractivity contribution < 1.29 is 29.0 Å². The van der Waals surface area contributed by atoms with Gasteiger partial charge in [0.1, 0.15) is 11.9 Å². The number of rotatable bonds is 8. The van der Waals surface area contributed by atoms with Gasteiger partial charge in [-0.25, -0.2) is 9.18 Å². The van der Waals surface area contributed by atoms with Crippen molar-refractivity contribution in [3.63, 3.8) is 0 Å². The number of nitrogens with one attached hydrogen (secondary N) is 1. The zero-order valence-electron chi connectivity index (χ0n) is 10.9. The Labute approximate surface area is 124 Å². The zero-order valence-corrected chi connectivity index (χ0v) is 11.7. The number of thioether (sulfide) groups is 1. The van der Waals surface area contributed by atoms with Crippen molar-refractivity contribution in [2.45, 2.75) is 23.8 Å². The summed E-state index contributed by atoms with van der Waals surface area (Å²) in [5.41, 5.74) is 0. The molecule has 0 aliphatic carbocycles. The van der Waals surface area contributed by atoms with E-state index in [9.17, 15) is 18.8 Å². The van der Waals surface area contributed by atoms with E-state index >= 15 is 0 Å². The van der Waals surface area contributed by atoms with Gasteiger partial charge < -0.3 is 15.5 Å². The van der Waals surface area contributed by atoms with Crippen LogP contribution in [0.5, 0.6) is 0 Å². The molecule has 1 unspecified atom stereocenters. The van der Waals surface area contributed by atoms with Crippen molar-refractivity contribution in [1.82, 2.24) is 5.32 Å². The van der Waals surface area contributed by atoms with E-state index in [4.69, 9.17) is 10.2 Å². The van der Waals surface area contributed by atoms with Gasteiger partial charge in [0.15, 0.2) is 0 Å². The molecule has 3 N–H and O–H groups in total. The topological polar surface area (TPSA) is 104 Å². The Balaban J connectivity index is 2.44. The summed E-state index contributed by atoms with van der Waals surface area (Å²) < 4.78 is 12.7. The normalized spacial score (nSPS) is 11.7. The minimum atomic E-state index is -1.28. The smallest absolute Gasteiger partial charge is 0.326 e. The highest BCUT2D eigenvalue weighted by Gasteiger charge is 2.20. The average Bonchev–Trinajstić information content (AvgIpc) is 2.42.